The molecule has 2 N–H and O–H groups in total. The molecule has 0 aliphatic rings. The molecule has 0 spiro atoms. The number of guanidine groups is 1. The summed E-state index contributed by atoms with van der Waals surface area (Å²) >= 11 is 0. The molecule has 0 saturated heterocycles. The Hall–Kier alpha value is -3.01. The fourth-order valence-electron chi connectivity index (χ4n) is 2.46. The fourth-order valence-corrected chi connectivity index (χ4v) is 2.46. The molecule has 7 heteroatoms. The van der Waals surface area contributed by atoms with Gasteiger partial charge in [-0.1, -0.05) is 25.0 Å². The lowest BCUT2D eigenvalue weighted by Crippen LogP contribution is -2.39. The summed E-state index contributed by atoms with van der Waals surface area (Å²) < 4.78 is 7.42. The predicted molar refractivity (Wildman–Crippen MR) is 103 cm³/mol. The maximum atomic E-state index is 5.37. The zero-order valence-corrected chi connectivity index (χ0v) is 15.4. The third-order valence-electron chi connectivity index (χ3n) is 3.83. The van der Waals surface area contributed by atoms with E-state index in [1.165, 1.54) is 5.56 Å². The number of rotatable bonds is 9. The number of benzene rings is 1. The van der Waals surface area contributed by atoms with E-state index in [1.807, 2.05) is 28.8 Å². The Morgan fingerprint density at radius 3 is 2.73 bits per heavy atom. The molecule has 0 saturated carbocycles. The first-order chi connectivity index (χ1) is 12.8. The number of terminal acetylenes is 1. The van der Waals surface area contributed by atoms with Crippen LogP contribution in [0.2, 0.25) is 0 Å². The minimum absolute atomic E-state index is 0.289. The van der Waals surface area contributed by atoms with E-state index in [9.17, 15) is 0 Å². The van der Waals surface area contributed by atoms with Gasteiger partial charge in [0.05, 0.1) is 0 Å². The van der Waals surface area contributed by atoms with E-state index in [-0.39, 0.29) is 6.61 Å². The molecule has 0 atom stereocenters. The molecule has 1 heterocycles. The van der Waals surface area contributed by atoms with Crippen LogP contribution in [0.3, 0.4) is 0 Å². The summed E-state index contributed by atoms with van der Waals surface area (Å²) in [6, 6.07) is 7.96. The van der Waals surface area contributed by atoms with Crippen LogP contribution in [0.5, 0.6) is 5.75 Å². The molecule has 2 aromatic rings. The van der Waals surface area contributed by atoms with Gasteiger partial charge in [0.2, 0.25) is 0 Å². The number of nitrogens with zero attached hydrogens (tertiary/aromatic N) is 4. The van der Waals surface area contributed by atoms with Crippen molar-refractivity contribution in [3.8, 4) is 18.1 Å². The van der Waals surface area contributed by atoms with Gasteiger partial charge < -0.3 is 19.9 Å². The lowest BCUT2D eigenvalue weighted by Gasteiger charge is -2.13. The van der Waals surface area contributed by atoms with Crippen molar-refractivity contribution in [3.05, 3.63) is 42.0 Å². The van der Waals surface area contributed by atoms with Crippen LogP contribution in [-0.2, 0) is 19.4 Å². The van der Waals surface area contributed by atoms with Crippen LogP contribution in [0.1, 0.15) is 18.3 Å². The molecule has 7 nitrogen and oxygen atoms in total. The molecule has 26 heavy (non-hydrogen) atoms. The Balaban J connectivity index is 1.69. The largest absolute Gasteiger partial charge is 0.481 e. The van der Waals surface area contributed by atoms with Gasteiger partial charge in [-0.25, -0.2) is 0 Å². The van der Waals surface area contributed by atoms with Crippen LogP contribution in [0, 0.1) is 12.3 Å². The summed E-state index contributed by atoms with van der Waals surface area (Å²) in [5.74, 6) is 5.02. The molecule has 0 amide bonds. The van der Waals surface area contributed by atoms with Gasteiger partial charge in [-0.15, -0.1) is 16.6 Å². The summed E-state index contributed by atoms with van der Waals surface area (Å²) in [5, 5.41) is 14.6. The average Bonchev–Trinajstić information content (AvgIpc) is 3.13. The summed E-state index contributed by atoms with van der Waals surface area (Å²) in [6.45, 7) is 4.71. The van der Waals surface area contributed by atoms with Gasteiger partial charge in [-0.2, -0.15) is 0 Å². The van der Waals surface area contributed by atoms with Crippen molar-refractivity contribution in [1.82, 2.24) is 25.4 Å². The van der Waals surface area contributed by atoms with Crippen LogP contribution >= 0.6 is 0 Å². The van der Waals surface area contributed by atoms with Gasteiger partial charge >= 0.3 is 0 Å². The van der Waals surface area contributed by atoms with Crippen molar-refractivity contribution < 1.29 is 4.74 Å². The zero-order valence-electron chi connectivity index (χ0n) is 15.4. The molecule has 0 aliphatic carbocycles. The topological polar surface area (TPSA) is 76.4 Å². The van der Waals surface area contributed by atoms with Gasteiger partial charge in [0.15, 0.2) is 5.96 Å². The maximum absolute atomic E-state index is 5.37. The quantitative estimate of drug-likeness (QED) is 0.403. The van der Waals surface area contributed by atoms with E-state index < -0.39 is 0 Å². The highest BCUT2D eigenvalue weighted by Crippen LogP contribution is 2.12. The van der Waals surface area contributed by atoms with Gasteiger partial charge in [0.1, 0.15) is 24.5 Å². The standard InChI is InChI=1S/C19H26N6O/c1-4-14-26-17-8-6-16(7-9-17)10-11-21-19(20-3)22-12-13-25-15-23-24-18(25)5-2/h1,6-9,15H,5,10-14H2,2-3H3,(H2,20,21,22). The van der Waals surface area contributed by atoms with Crippen LogP contribution < -0.4 is 15.4 Å². The molecule has 0 aliphatic heterocycles. The number of ether oxygens (including phenoxy) is 1. The second-order valence-corrected chi connectivity index (χ2v) is 5.61. The fraction of sp³-hybridized carbons (Fsp3) is 0.421. The first-order valence-corrected chi connectivity index (χ1v) is 8.73. The highest BCUT2D eigenvalue weighted by molar-refractivity contribution is 5.79. The molecule has 0 unspecified atom stereocenters. The monoisotopic (exact) mass is 354 g/mol. The van der Waals surface area contributed by atoms with Crippen molar-refractivity contribution in [2.24, 2.45) is 4.99 Å². The summed E-state index contributed by atoms with van der Waals surface area (Å²) in [4.78, 5) is 4.24. The molecule has 1 aromatic heterocycles. The summed E-state index contributed by atoms with van der Waals surface area (Å²) in [7, 11) is 1.77. The second-order valence-electron chi connectivity index (χ2n) is 5.61. The van der Waals surface area contributed by atoms with Crippen molar-refractivity contribution >= 4 is 5.96 Å². The highest BCUT2D eigenvalue weighted by Gasteiger charge is 2.02. The maximum Gasteiger partial charge on any atom is 0.191 e. The number of hydrogen-bond donors (Lipinski definition) is 2. The van der Waals surface area contributed by atoms with Gasteiger partial charge in [0.25, 0.3) is 0 Å². The summed E-state index contributed by atoms with van der Waals surface area (Å²) in [6.07, 6.45) is 8.70. The van der Waals surface area contributed by atoms with Crippen LogP contribution in [-0.4, -0.2) is 47.5 Å². The van der Waals surface area contributed by atoms with Gasteiger partial charge in [-0.3, -0.25) is 4.99 Å². The number of aliphatic imine (C=N–C) groups is 1. The molecule has 0 fully saturated rings. The van der Waals surface area contributed by atoms with Crippen LogP contribution in [0.4, 0.5) is 0 Å². The van der Waals surface area contributed by atoms with Crippen molar-refractivity contribution in [2.75, 3.05) is 26.7 Å². The molecule has 2 rings (SSSR count). The normalized spacial score (nSPS) is 11.0. The van der Waals surface area contributed by atoms with E-state index >= 15 is 0 Å². The van der Waals surface area contributed by atoms with Gasteiger partial charge in [0, 0.05) is 33.1 Å². The highest BCUT2D eigenvalue weighted by atomic mass is 16.5. The number of nitrogens with one attached hydrogen (secondary N) is 2. The Bertz CT molecular complexity index is 729. The second kappa shape index (κ2) is 10.8. The van der Waals surface area contributed by atoms with E-state index in [2.05, 4.69) is 38.7 Å². The predicted octanol–water partition coefficient (Wildman–Crippen LogP) is 1.26. The number of aryl methyl sites for hydroxylation is 1. The number of aromatic nitrogens is 3. The molecular weight excluding hydrogens is 328 g/mol. The Morgan fingerprint density at radius 2 is 2.04 bits per heavy atom. The van der Waals surface area contributed by atoms with E-state index in [0.717, 1.165) is 50.0 Å². The van der Waals surface area contributed by atoms with E-state index in [0.29, 0.717) is 0 Å². The third-order valence-corrected chi connectivity index (χ3v) is 3.83. The molecule has 0 bridgehead atoms. The summed E-state index contributed by atoms with van der Waals surface area (Å²) in [5.41, 5.74) is 1.22. The lowest BCUT2D eigenvalue weighted by molar-refractivity contribution is 0.370. The van der Waals surface area contributed by atoms with Crippen molar-refractivity contribution in [2.45, 2.75) is 26.3 Å². The lowest BCUT2D eigenvalue weighted by atomic mass is 10.1. The average molecular weight is 354 g/mol. The Kier molecular flexibility index (Phi) is 8.00. The smallest absolute Gasteiger partial charge is 0.191 e. The molecular formula is C19H26N6O. The number of hydrogen-bond acceptors (Lipinski definition) is 4. The molecule has 138 valence electrons. The van der Waals surface area contributed by atoms with Crippen LogP contribution in [0.25, 0.3) is 0 Å². The SMILES string of the molecule is C#CCOc1ccc(CCNC(=NC)NCCn2cnnc2CC)cc1. The first-order valence-electron chi connectivity index (χ1n) is 8.73. The van der Waals surface area contributed by atoms with Crippen molar-refractivity contribution in [1.29, 1.82) is 0 Å². The van der Waals surface area contributed by atoms with Crippen LogP contribution in [0.15, 0.2) is 35.6 Å². The molecule has 0 radical (unpaired) electrons. The van der Waals surface area contributed by atoms with E-state index in [4.69, 9.17) is 11.2 Å². The minimum atomic E-state index is 0.289. The third kappa shape index (κ3) is 6.13. The Morgan fingerprint density at radius 1 is 1.27 bits per heavy atom. The van der Waals surface area contributed by atoms with E-state index in [1.54, 1.807) is 13.4 Å². The molecule has 1 aromatic carbocycles. The Labute approximate surface area is 154 Å². The zero-order chi connectivity index (χ0) is 18.6. The first kappa shape index (κ1) is 19.3. The van der Waals surface area contributed by atoms with Gasteiger partial charge in [-0.05, 0) is 24.1 Å². The minimum Gasteiger partial charge on any atom is -0.481 e. The van der Waals surface area contributed by atoms with Crippen molar-refractivity contribution in [3.63, 3.8) is 0 Å².